The molecule has 0 fully saturated rings. The monoisotopic (exact) mass is 634 g/mol. The Hall–Kier alpha value is -6.50. The molecule has 2 aromatic carbocycles. The van der Waals surface area contributed by atoms with Gasteiger partial charge in [0.05, 0.1) is 32.9 Å². The molecular weight excluding hydrogens is 600 g/mol. The highest BCUT2D eigenvalue weighted by Crippen LogP contribution is 2.15. The average molecular weight is 635 g/mol. The molecule has 6 aromatic rings. The largest absolute Gasteiger partial charge is 0.497 e. The molecular formula is C34H34N8O5. The van der Waals surface area contributed by atoms with Gasteiger partial charge < -0.3 is 25.6 Å². The Morgan fingerprint density at radius 2 is 1.23 bits per heavy atom. The van der Waals surface area contributed by atoms with E-state index in [0.29, 0.717) is 35.2 Å². The molecule has 0 aliphatic heterocycles. The fourth-order valence-corrected chi connectivity index (χ4v) is 4.04. The predicted molar refractivity (Wildman–Crippen MR) is 176 cm³/mol. The SMILES string of the molecule is COc1cccc(C(=O)Nc2ccn(Cc3ccncc3)n2)c1.COc1cccc(C(=O)O)c1.Nc1ccn(Cc2ccncc2)n1. The van der Waals surface area contributed by atoms with E-state index in [9.17, 15) is 9.59 Å². The van der Waals surface area contributed by atoms with Gasteiger partial charge in [-0.3, -0.25) is 24.1 Å². The number of hydrogen-bond acceptors (Lipinski definition) is 9. The molecule has 0 aliphatic carbocycles. The van der Waals surface area contributed by atoms with Crippen molar-refractivity contribution in [2.75, 3.05) is 25.3 Å². The minimum absolute atomic E-state index is 0.224. The van der Waals surface area contributed by atoms with Gasteiger partial charge in [0.1, 0.15) is 17.3 Å². The van der Waals surface area contributed by atoms with Gasteiger partial charge in [-0.25, -0.2) is 4.79 Å². The van der Waals surface area contributed by atoms with Gasteiger partial charge in [-0.2, -0.15) is 10.2 Å². The Morgan fingerprint density at radius 3 is 1.74 bits per heavy atom. The van der Waals surface area contributed by atoms with Gasteiger partial charge >= 0.3 is 5.97 Å². The number of carboxylic acid groups (broad SMARTS) is 1. The van der Waals surface area contributed by atoms with Crippen LogP contribution in [0.1, 0.15) is 31.8 Å². The van der Waals surface area contributed by atoms with E-state index in [0.717, 1.165) is 17.7 Å². The second-order valence-corrected chi connectivity index (χ2v) is 9.77. The molecule has 13 nitrogen and oxygen atoms in total. The third-order valence-corrected chi connectivity index (χ3v) is 6.38. The number of nitrogens with zero attached hydrogens (tertiary/aromatic N) is 6. The van der Waals surface area contributed by atoms with E-state index < -0.39 is 5.97 Å². The van der Waals surface area contributed by atoms with Crippen LogP contribution in [0.15, 0.2) is 122 Å². The Labute approximate surface area is 271 Å². The minimum atomic E-state index is -0.941. The summed E-state index contributed by atoms with van der Waals surface area (Å²) in [6.07, 6.45) is 10.7. The molecule has 0 saturated heterocycles. The summed E-state index contributed by atoms with van der Waals surface area (Å²) in [6, 6.07) is 24.6. The van der Waals surface area contributed by atoms with Crippen molar-refractivity contribution >= 4 is 23.5 Å². The second-order valence-electron chi connectivity index (χ2n) is 9.77. The number of ether oxygens (including phenoxy) is 2. The summed E-state index contributed by atoms with van der Waals surface area (Å²) in [5, 5.41) is 19.8. The Morgan fingerprint density at radius 1 is 0.723 bits per heavy atom. The number of rotatable bonds is 9. The van der Waals surface area contributed by atoms with Crippen molar-refractivity contribution in [3.8, 4) is 11.5 Å². The maximum atomic E-state index is 12.2. The molecule has 4 N–H and O–H groups in total. The van der Waals surface area contributed by atoms with E-state index >= 15 is 0 Å². The number of nitrogen functional groups attached to an aromatic ring is 1. The lowest BCUT2D eigenvalue weighted by atomic mass is 10.2. The third kappa shape index (κ3) is 10.9. The number of hydrogen-bond donors (Lipinski definition) is 3. The lowest BCUT2D eigenvalue weighted by Gasteiger charge is -2.05. The van der Waals surface area contributed by atoms with Crippen molar-refractivity contribution in [3.63, 3.8) is 0 Å². The number of pyridine rings is 2. The predicted octanol–water partition coefficient (Wildman–Crippen LogP) is 4.89. The molecule has 4 heterocycles. The second kappa shape index (κ2) is 17.1. The van der Waals surface area contributed by atoms with Crippen molar-refractivity contribution in [2.24, 2.45) is 0 Å². The van der Waals surface area contributed by atoms with E-state index in [1.165, 1.54) is 19.2 Å². The topological polar surface area (TPSA) is 172 Å². The van der Waals surface area contributed by atoms with Gasteiger partial charge in [-0.15, -0.1) is 0 Å². The number of aromatic nitrogens is 6. The number of methoxy groups -OCH3 is 2. The average Bonchev–Trinajstić information content (AvgIpc) is 3.73. The number of carbonyl (C=O) groups excluding carboxylic acids is 1. The van der Waals surface area contributed by atoms with Crippen LogP contribution in [-0.2, 0) is 13.1 Å². The maximum absolute atomic E-state index is 12.2. The Bertz CT molecular complexity index is 1860. The molecule has 0 aliphatic rings. The van der Waals surface area contributed by atoms with E-state index in [1.54, 1.807) is 89.8 Å². The lowest BCUT2D eigenvalue weighted by molar-refractivity contribution is 0.0696. The highest BCUT2D eigenvalue weighted by Gasteiger charge is 2.09. The first-order valence-electron chi connectivity index (χ1n) is 14.3. The molecule has 0 bridgehead atoms. The number of benzene rings is 2. The molecule has 47 heavy (non-hydrogen) atoms. The van der Waals surface area contributed by atoms with Gasteiger partial charge in [0.15, 0.2) is 5.82 Å². The zero-order chi connectivity index (χ0) is 33.4. The number of carboxylic acids is 1. The summed E-state index contributed by atoms with van der Waals surface area (Å²) in [5.41, 5.74) is 8.51. The van der Waals surface area contributed by atoms with Gasteiger partial charge in [0, 0.05) is 48.8 Å². The molecule has 4 aromatic heterocycles. The highest BCUT2D eigenvalue weighted by atomic mass is 16.5. The molecule has 13 heteroatoms. The third-order valence-electron chi connectivity index (χ3n) is 6.38. The maximum Gasteiger partial charge on any atom is 0.335 e. The Kier molecular flexibility index (Phi) is 12.2. The van der Waals surface area contributed by atoms with Crippen molar-refractivity contribution in [1.82, 2.24) is 29.5 Å². The zero-order valence-corrected chi connectivity index (χ0v) is 25.8. The van der Waals surface area contributed by atoms with E-state index in [-0.39, 0.29) is 11.5 Å². The molecule has 0 saturated carbocycles. The first-order chi connectivity index (χ1) is 22.8. The van der Waals surface area contributed by atoms with Gasteiger partial charge in [-0.05, 0) is 77.9 Å². The van der Waals surface area contributed by atoms with Crippen molar-refractivity contribution < 1.29 is 24.2 Å². The van der Waals surface area contributed by atoms with Crippen molar-refractivity contribution in [3.05, 3.63) is 144 Å². The minimum Gasteiger partial charge on any atom is -0.497 e. The lowest BCUT2D eigenvalue weighted by Crippen LogP contribution is -2.13. The van der Waals surface area contributed by atoms with Crippen LogP contribution >= 0.6 is 0 Å². The molecule has 240 valence electrons. The van der Waals surface area contributed by atoms with E-state index in [2.05, 4.69) is 25.5 Å². The van der Waals surface area contributed by atoms with Crippen molar-refractivity contribution in [2.45, 2.75) is 13.1 Å². The van der Waals surface area contributed by atoms with E-state index in [4.69, 9.17) is 20.3 Å². The number of aromatic carboxylic acids is 1. The summed E-state index contributed by atoms with van der Waals surface area (Å²) >= 11 is 0. The summed E-state index contributed by atoms with van der Waals surface area (Å²) in [5.74, 6) is 1.09. The molecule has 0 spiro atoms. The van der Waals surface area contributed by atoms with Crippen LogP contribution in [-0.4, -0.2) is 60.7 Å². The van der Waals surface area contributed by atoms with E-state index in [1.807, 2.05) is 36.7 Å². The number of carbonyl (C=O) groups is 2. The van der Waals surface area contributed by atoms with Crippen LogP contribution in [0.5, 0.6) is 11.5 Å². The first-order valence-corrected chi connectivity index (χ1v) is 14.3. The van der Waals surface area contributed by atoms with Crippen LogP contribution in [0, 0.1) is 0 Å². The van der Waals surface area contributed by atoms with Crippen molar-refractivity contribution in [1.29, 1.82) is 0 Å². The Balaban J connectivity index is 0.000000176. The zero-order valence-electron chi connectivity index (χ0n) is 25.8. The molecule has 1 amide bonds. The standard InChI is InChI=1S/C17H16N4O2.C9H10N4.C8H8O3/c1-23-15-4-2-3-14(11-15)17(22)19-16-7-10-21(20-16)12-13-5-8-18-9-6-13;10-9-3-6-13(12-9)7-8-1-4-11-5-2-8;1-11-7-4-2-3-6(5-7)8(9)10/h2-11H,12H2,1H3,(H,19,20,22);1-6H,7H2,(H2,10,12);2-5H,1H3,(H,9,10). The molecule has 0 unspecified atom stereocenters. The molecule has 6 rings (SSSR count). The summed E-state index contributed by atoms with van der Waals surface area (Å²) in [6.45, 7) is 1.36. The fourth-order valence-electron chi connectivity index (χ4n) is 4.04. The highest BCUT2D eigenvalue weighted by molar-refractivity contribution is 6.03. The number of anilines is 2. The van der Waals surface area contributed by atoms with Gasteiger partial charge in [-0.1, -0.05) is 12.1 Å². The van der Waals surface area contributed by atoms with Crippen LogP contribution < -0.4 is 20.5 Å². The number of nitrogens with one attached hydrogen (secondary N) is 1. The number of amides is 1. The quantitative estimate of drug-likeness (QED) is 0.199. The van der Waals surface area contributed by atoms with Crippen LogP contribution in [0.4, 0.5) is 11.6 Å². The molecule has 0 radical (unpaired) electrons. The fraction of sp³-hybridized carbons (Fsp3) is 0.118. The normalized spacial score (nSPS) is 10.0. The number of nitrogens with two attached hydrogens (primary N) is 1. The van der Waals surface area contributed by atoms with Gasteiger partial charge in [0.2, 0.25) is 0 Å². The smallest absolute Gasteiger partial charge is 0.335 e. The summed E-state index contributed by atoms with van der Waals surface area (Å²) in [4.78, 5) is 30.6. The molecule has 0 atom stereocenters. The van der Waals surface area contributed by atoms with Gasteiger partial charge in [0.25, 0.3) is 5.91 Å². The summed E-state index contributed by atoms with van der Waals surface area (Å²) in [7, 11) is 3.07. The van der Waals surface area contributed by atoms with Crippen LogP contribution in [0.2, 0.25) is 0 Å². The first kappa shape index (κ1) is 33.4. The van der Waals surface area contributed by atoms with Crippen LogP contribution in [0.25, 0.3) is 0 Å². The summed E-state index contributed by atoms with van der Waals surface area (Å²) < 4.78 is 13.5. The van der Waals surface area contributed by atoms with Crippen LogP contribution in [0.3, 0.4) is 0 Å².